The molecular weight excluding hydrogens is 298 g/mol. The number of hydrogen-bond acceptors (Lipinski definition) is 4. The Kier molecular flexibility index (Phi) is 8.37. The van der Waals surface area contributed by atoms with Gasteiger partial charge >= 0.3 is 0 Å². The van der Waals surface area contributed by atoms with E-state index in [1.54, 1.807) is 6.20 Å². The van der Waals surface area contributed by atoms with Crippen LogP contribution in [0, 0.1) is 5.41 Å². The molecule has 0 saturated carbocycles. The zero-order valence-electron chi connectivity index (χ0n) is 11.0. The average Bonchev–Trinajstić information content (AvgIpc) is 2.18. The number of halogens is 1. The Hall–Kier alpha value is -0.463. The molecule has 0 bridgehead atoms. The standard InChI is InChI=1S/C11H22BrN3OSi/c1-10(15-8-11(12)13)7-14-9-16-5-6-17(2,3)4/h7-8,13-14H,5-6,9H2,1-4H3/b10-7-,13-11?,15-8-. The summed E-state index contributed by atoms with van der Waals surface area (Å²) in [5.41, 5.74) is 0.808. The monoisotopic (exact) mass is 319 g/mol. The maximum absolute atomic E-state index is 7.11. The van der Waals surface area contributed by atoms with E-state index in [9.17, 15) is 0 Å². The smallest absolute Gasteiger partial charge is 0.116 e. The van der Waals surface area contributed by atoms with E-state index >= 15 is 0 Å². The van der Waals surface area contributed by atoms with E-state index in [4.69, 9.17) is 10.1 Å². The molecule has 4 nitrogen and oxygen atoms in total. The van der Waals surface area contributed by atoms with Gasteiger partial charge in [0.2, 0.25) is 0 Å². The van der Waals surface area contributed by atoms with Gasteiger partial charge in [-0.05, 0) is 28.9 Å². The van der Waals surface area contributed by atoms with Crippen LogP contribution in [0.5, 0.6) is 0 Å². The lowest BCUT2D eigenvalue weighted by Crippen LogP contribution is -2.23. The quantitative estimate of drug-likeness (QED) is 0.312. The average molecular weight is 320 g/mol. The summed E-state index contributed by atoms with van der Waals surface area (Å²) >= 11 is 2.99. The molecule has 98 valence electrons. The van der Waals surface area contributed by atoms with Gasteiger partial charge in [-0.25, -0.2) is 0 Å². The second-order valence-electron chi connectivity index (χ2n) is 4.96. The second kappa shape index (κ2) is 8.60. The van der Waals surface area contributed by atoms with Crippen molar-refractivity contribution in [1.29, 1.82) is 5.41 Å². The highest BCUT2D eigenvalue weighted by molar-refractivity contribution is 9.19. The SMILES string of the molecule is CC(=C/NCOCC[Si](C)(C)C)/N=C\C(=N)Br. The zero-order chi connectivity index (χ0) is 13.3. The minimum Gasteiger partial charge on any atom is -0.367 e. The van der Waals surface area contributed by atoms with Crippen molar-refractivity contribution in [2.24, 2.45) is 4.99 Å². The topological polar surface area (TPSA) is 57.5 Å². The molecule has 2 N–H and O–H groups in total. The summed E-state index contributed by atoms with van der Waals surface area (Å²) in [7, 11) is -0.985. The highest BCUT2D eigenvalue weighted by Gasteiger charge is 2.11. The fraction of sp³-hybridized carbons (Fsp3) is 0.636. The number of hydrogen-bond donors (Lipinski definition) is 2. The van der Waals surface area contributed by atoms with Gasteiger partial charge in [-0.15, -0.1) is 0 Å². The number of allylic oxidation sites excluding steroid dienone is 1. The van der Waals surface area contributed by atoms with Gasteiger partial charge in [0.1, 0.15) is 11.4 Å². The van der Waals surface area contributed by atoms with Gasteiger partial charge in [0, 0.05) is 20.9 Å². The molecule has 0 aromatic rings. The lowest BCUT2D eigenvalue weighted by Gasteiger charge is -2.15. The van der Waals surface area contributed by atoms with Crippen LogP contribution in [0.4, 0.5) is 0 Å². The highest BCUT2D eigenvalue weighted by Crippen LogP contribution is 2.06. The molecule has 0 unspecified atom stereocenters. The van der Waals surface area contributed by atoms with Crippen LogP contribution in [0.2, 0.25) is 25.7 Å². The molecule has 0 aromatic carbocycles. The molecule has 0 heterocycles. The van der Waals surface area contributed by atoms with Crippen LogP contribution in [0.25, 0.3) is 0 Å². The molecule has 0 aliphatic carbocycles. The summed E-state index contributed by atoms with van der Waals surface area (Å²) in [5.74, 6) is 0. The van der Waals surface area contributed by atoms with E-state index in [2.05, 4.69) is 45.9 Å². The van der Waals surface area contributed by atoms with Crippen molar-refractivity contribution in [1.82, 2.24) is 5.32 Å². The van der Waals surface area contributed by atoms with Crippen LogP contribution in [-0.2, 0) is 4.74 Å². The molecular formula is C11H22BrN3OSi. The minimum absolute atomic E-state index is 0.261. The molecule has 0 aromatic heterocycles. The van der Waals surface area contributed by atoms with Crippen LogP contribution in [0.15, 0.2) is 16.9 Å². The molecule has 0 aliphatic heterocycles. The molecule has 0 radical (unpaired) electrons. The maximum atomic E-state index is 7.11. The van der Waals surface area contributed by atoms with Crippen molar-refractivity contribution < 1.29 is 4.74 Å². The molecule has 0 rings (SSSR count). The Morgan fingerprint density at radius 1 is 1.47 bits per heavy atom. The highest BCUT2D eigenvalue weighted by atomic mass is 79.9. The third-order valence-electron chi connectivity index (χ3n) is 1.87. The molecule has 0 saturated heterocycles. The van der Waals surface area contributed by atoms with Crippen LogP contribution in [0.1, 0.15) is 6.92 Å². The van der Waals surface area contributed by atoms with Gasteiger partial charge < -0.3 is 10.1 Å². The summed E-state index contributed by atoms with van der Waals surface area (Å²) in [6, 6.07) is 1.18. The lowest BCUT2D eigenvalue weighted by molar-refractivity contribution is 0.137. The Morgan fingerprint density at radius 3 is 2.65 bits per heavy atom. The van der Waals surface area contributed by atoms with E-state index in [0.717, 1.165) is 12.3 Å². The van der Waals surface area contributed by atoms with E-state index in [-0.39, 0.29) is 4.62 Å². The van der Waals surface area contributed by atoms with Crippen molar-refractivity contribution >= 4 is 34.8 Å². The van der Waals surface area contributed by atoms with Gasteiger partial charge in [-0.2, -0.15) is 0 Å². The molecule has 0 atom stereocenters. The first-order chi connectivity index (χ1) is 7.81. The van der Waals surface area contributed by atoms with Crippen molar-refractivity contribution in [3.05, 3.63) is 11.9 Å². The Labute approximate surface area is 113 Å². The molecule has 0 amide bonds. The first-order valence-electron chi connectivity index (χ1n) is 5.57. The third kappa shape index (κ3) is 13.5. The van der Waals surface area contributed by atoms with Gasteiger partial charge in [-0.3, -0.25) is 10.4 Å². The second-order valence-corrected chi connectivity index (χ2v) is 11.4. The minimum atomic E-state index is -0.985. The summed E-state index contributed by atoms with van der Waals surface area (Å²) in [6.45, 7) is 10.2. The summed E-state index contributed by atoms with van der Waals surface area (Å²) < 4.78 is 5.72. The van der Waals surface area contributed by atoms with Gasteiger partial charge in [0.05, 0.1) is 11.9 Å². The fourth-order valence-electron chi connectivity index (χ4n) is 0.895. The van der Waals surface area contributed by atoms with Crippen LogP contribution in [-0.4, -0.2) is 32.2 Å². The first kappa shape index (κ1) is 16.5. The van der Waals surface area contributed by atoms with Crippen LogP contribution >= 0.6 is 15.9 Å². The van der Waals surface area contributed by atoms with Crippen molar-refractivity contribution in [2.75, 3.05) is 13.3 Å². The molecule has 0 aliphatic rings. The van der Waals surface area contributed by atoms with Crippen molar-refractivity contribution in [3.63, 3.8) is 0 Å². The van der Waals surface area contributed by atoms with E-state index < -0.39 is 8.07 Å². The summed E-state index contributed by atoms with van der Waals surface area (Å²) in [6.07, 6.45) is 3.22. The fourth-order valence-corrected chi connectivity index (χ4v) is 1.75. The predicted molar refractivity (Wildman–Crippen MR) is 81.0 cm³/mol. The Bertz CT molecular complexity index is 298. The molecule has 0 spiro atoms. The van der Waals surface area contributed by atoms with Crippen LogP contribution in [0.3, 0.4) is 0 Å². The van der Waals surface area contributed by atoms with Crippen molar-refractivity contribution in [3.8, 4) is 0 Å². The van der Waals surface area contributed by atoms with Crippen LogP contribution < -0.4 is 5.32 Å². The van der Waals surface area contributed by atoms with E-state index in [0.29, 0.717) is 6.73 Å². The van der Waals surface area contributed by atoms with E-state index in [1.807, 2.05) is 6.92 Å². The van der Waals surface area contributed by atoms with E-state index in [1.165, 1.54) is 12.3 Å². The number of nitrogens with zero attached hydrogens (tertiary/aromatic N) is 1. The number of rotatable bonds is 8. The summed E-state index contributed by atoms with van der Waals surface area (Å²) in [5, 5.41) is 10.1. The summed E-state index contributed by atoms with van der Waals surface area (Å²) in [4.78, 5) is 4.03. The van der Waals surface area contributed by atoms with Gasteiger partial charge in [0.15, 0.2) is 0 Å². The number of ether oxygens (including phenoxy) is 1. The molecule has 17 heavy (non-hydrogen) atoms. The predicted octanol–water partition coefficient (Wildman–Crippen LogP) is 3.19. The first-order valence-corrected chi connectivity index (χ1v) is 10.1. The number of aliphatic imine (C=N–C) groups is 1. The lowest BCUT2D eigenvalue weighted by atomic mass is 10.5. The number of nitrogens with one attached hydrogen (secondary N) is 2. The maximum Gasteiger partial charge on any atom is 0.116 e. The molecule has 6 heteroatoms. The Balaban J connectivity index is 3.63. The third-order valence-corrected chi connectivity index (χ3v) is 3.78. The normalized spacial score (nSPS) is 13.1. The van der Waals surface area contributed by atoms with Gasteiger partial charge in [-0.1, -0.05) is 19.6 Å². The van der Waals surface area contributed by atoms with Crippen molar-refractivity contribution in [2.45, 2.75) is 32.6 Å². The zero-order valence-corrected chi connectivity index (χ0v) is 13.6. The largest absolute Gasteiger partial charge is 0.367 e. The Morgan fingerprint density at radius 2 is 2.12 bits per heavy atom. The van der Waals surface area contributed by atoms with Gasteiger partial charge in [0.25, 0.3) is 0 Å². The molecule has 0 fully saturated rings.